The van der Waals surface area contributed by atoms with Gasteiger partial charge in [-0.1, -0.05) is 6.42 Å². The van der Waals surface area contributed by atoms with E-state index in [4.69, 9.17) is 9.84 Å². The van der Waals surface area contributed by atoms with Gasteiger partial charge < -0.3 is 15.2 Å². The molecule has 0 radical (unpaired) electrons. The van der Waals surface area contributed by atoms with Crippen molar-refractivity contribution in [1.82, 2.24) is 10.3 Å². The van der Waals surface area contributed by atoms with E-state index in [1.165, 1.54) is 11.3 Å². The average molecular weight is 362 g/mol. The van der Waals surface area contributed by atoms with Gasteiger partial charge in [-0.05, 0) is 44.0 Å². The Balaban J connectivity index is 1.81. The topological polar surface area (TPSA) is 88.5 Å². The number of carbonyl (C=O) groups excluding carboxylic acids is 1. The third-order valence-corrected chi connectivity index (χ3v) is 4.39. The molecule has 0 spiro atoms. The van der Waals surface area contributed by atoms with Crippen molar-refractivity contribution >= 4 is 23.2 Å². The summed E-state index contributed by atoms with van der Waals surface area (Å²) < 4.78 is 5.41. The zero-order valence-corrected chi connectivity index (χ0v) is 15.0. The molecule has 1 amide bonds. The van der Waals surface area contributed by atoms with Gasteiger partial charge in [-0.3, -0.25) is 9.59 Å². The lowest BCUT2D eigenvalue weighted by Crippen LogP contribution is -2.24. The average Bonchev–Trinajstić information content (AvgIpc) is 3.08. The molecule has 1 aromatic carbocycles. The quantitative estimate of drug-likeness (QED) is 0.631. The van der Waals surface area contributed by atoms with Crippen molar-refractivity contribution in [2.24, 2.45) is 0 Å². The summed E-state index contributed by atoms with van der Waals surface area (Å²) in [6.45, 7) is 3.08. The maximum Gasteiger partial charge on any atom is 0.303 e. The molecule has 1 heterocycles. The van der Waals surface area contributed by atoms with Gasteiger partial charge in [0, 0.05) is 23.9 Å². The molecule has 6 nitrogen and oxygen atoms in total. The number of rotatable bonds is 10. The monoisotopic (exact) mass is 362 g/mol. The van der Waals surface area contributed by atoms with E-state index in [0.29, 0.717) is 25.3 Å². The Bertz CT molecular complexity index is 697. The molecule has 2 aromatic rings. The Kier molecular flexibility index (Phi) is 7.40. The molecule has 25 heavy (non-hydrogen) atoms. The highest BCUT2D eigenvalue weighted by molar-refractivity contribution is 7.13. The van der Waals surface area contributed by atoms with Crippen molar-refractivity contribution in [3.8, 4) is 16.3 Å². The van der Waals surface area contributed by atoms with Gasteiger partial charge in [-0.2, -0.15) is 0 Å². The minimum absolute atomic E-state index is 0.172. The first-order valence-corrected chi connectivity index (χ1v) is 9.17. The molecule has 0 bridgehead atoms. The third kappa shape index (κ3) is 6.19. The van der Waals surface area contributed by atoms with E-state index in [1.54, 1.807) is 5.38 Å². The molecule has 0 unspecified atom stereocenters. The van der Waals surface area contributed by atoms with Crippen LogP contribution in [0, 0.1) is 0 Å². The van der Waals surface area contributed by atoms with Crippen molar-refractivity contribution < 1.29 is 19.4 Å². The maximum atomic E-state index is 12.1. The summed E-state index contributed by atoms with van der Waals surface area (Å²) in [5, 5.41) is 13.9. The smallest absolute Gasteiger partial charge is 0.303 e. The van der Waals surface area contributed by atoms with Gasteiger partial charge in [-0.25, -0.2) is 4.98 Å². The normalized spacial score (nSPS) is 10.4. The second-order valence-corrected chi connectivity index (χ2v) is 6.31. The number of hydrogen-bond donors (Lipinski definition) is 2. The number of aliphatic carboxylic acids is 1. The number of carboxylic acids is 1. The lowest BCUT2D eigenvalue weighted by Gasteiger charge is -2.03. The summed E-state index contributed by atoms with van der Waals surface area (Å²) in [6.07, 6.45) is 2.34. The number of ether oxygens (including phenoxy) is 1. The van der Waals surface area contributed by atoms with E-state index in [2.05, 4.69) is 10.3 Å². The maximum absolute atomic E-state index is 12.1. The van der Waals surface area contributed by atoms with E-state index in [1.807, 2.05) is 31.2 Å². The predicted octanol–water partition coefficient (Wildman–Crippen LogP) is 3.58. The highest BCUT2D eigenvalue weighted by Gasteiger charge is 2.11. The summed E-state index contributed by atoms with van der Waals surface area (Å²) >= 11 is 1.42. The van der Waals surface area contributed by atoms with Crippen LogP contribution < -0.4 is 10.1 Å². The SMILES string of the molecule is CCOc1ccc(-c2nc(C(=O)NCCCCCC(=O)O)cs2)cc1. The van der Waals surface area contributed by atoms with Gasteiger partial charge >= 0.3 is 5.97 Å². The first-order chi connectivity index (χ1) is 12.1. The number of thiazole rings is 1. The van der Waals surface area contributed by atoms with E-state index in [9.17, 15) is 9.59 Å². The van der Waals surface area contributed by atoms with Gasteiger partial charge in [-0.15, -0.1) is 11.3 Å². The van der Waals surface area contributed by atoms with Gasteiger partial charge in [0.2, 0.25) is 0 Å². The molecular weight excluding hydrogens is 340 g/mol. The van der Waals surface area contributed by atoms with Crippen molar-refractivity contribution in [3.05, 3.63) is 35.3 Å². The summed E-state index contributed by atoms with van der Waals surface area (Å²) in [4.78, 5) is 26.9. The number of carbonyl (C=O) groups is 2. The zero-order valence-electron chi connectivity index (χ0n) is 14.2. The fourth-order valence-electron chi connectivity index (χ4n) is 2.24. The van der Waals surface area contributed by atoms with Crippen LogP contribution in [0.3, 0.4) is 0 Å². The molecule has 0 saturated heterocycles. The fourth-order valence-corrected chi connectivity index (χ4v) is 3.05. The molecule has 134 valence electrons. The third-order valence-electron chi connectivity index (χ3n) is 3.50. The Morgan fingerprint density at radius 3 is 2.64 bits per heavy atom. The number of amides is 1. The van der Waals surface area contributed by atoms with Crippen molar-refractivity contribution in [3.63, 3.8) is 0 Å². The predicted molar refractivity (Wildman–Crippen MR) is 97.2 cm³/mol. The fraction of sp³-hybridized carbons (Fsp3) is 0.389. The van der Waals surface area contributed by atoms with E-state index < -0.39 is 5.97 Å². The number of carboxylic acid groups (broad SMARTS) is 1. The van der Waals surface area contributed by atoms with Gasteiger partial charge in [0.25, 0.3) is 5.91 Å². The molecule has 0 fully saturated rings. The molecule has 7 heteroatoms. The minimum atomic E-state index is -0.784. The molecule has 2 N–H and O–H groups in total. The molecule has 0 aliphatic rings. The van der Waals surface area contributed by atoms with Crippen molar-refractivity contribution in [1.29, 1.82) is 0 Å². The van der Waals surface area contributed by atoms with Crippen molar-refractivity contribution in [2.75, 3.05) is 13.2 Å². The largest absolute Gasteiger partial charge is 0.494 e. The number of aromatic nitrogens is 1. The first-order valence-electron chi connectivity index (χ1n) is 8.29. The number of nitrogens with one attached hydrogen (secondary N) is 1. The van der Waals surface area contributed by atoms with E-state index in [-0.39, 0.29) is 12.3 Å². The molecule has 2 rings (SSSR count). The van der Waals surface area contributed by atoms with Gasteiger partial charge in [0.05, 0.1) is 6.61 Å². The molecule has 0 aliphatic heterocycles. The number of nitrogens with zero attached hydrogens (tertiary/aromatic N) is 1. The molecule has 1 aromatic heterocycles. The molecule has 0 saturated carbocycles. The second kappa shape index (κ2) is 9.78. The van der Waals surface area contributed by atoms with Crippen molar-refractivity contribution in [2.45, 2.75) is 32.6 Å². The molecular formula is C18H22N2O4S. The van der Waals surface area contributed by atoms with Crippen LogP contribution in [0.4, 0.5) is 0 Å². The lowest BCUT2D eigenvalue weighted by molar-refractivity contribution is -0.137. The van der Waals surface area contributed by atoms with Crippen LogP contribution in [-0.4, -0.2) is 35.1 Å². The molecule has 0 atom stereocenters. The van der Waals surface area contributed by atoms with Crippen LogP contribution >= 0.6 is 11.3 Å². The van der Waals surface area contributed by atoms with Crippen LogP contribution in [0.1, 0.15) is 43.1 Å². The highest BCUT2D eigenvalue weighted by atomic mass is 32.1. The van der Waals surface area contributed by atoms with Crippen LogP contribution in [0.25, 0.3) is 10.6 Å². The van der Waals surface area contributed by atoms with E-state index in [0.717, 1.165) is 29.2 Å². The standard InChI is InChI=1S/C18H22N2O4S/c1-2-24-14-9-7-13(8-10-14)18-20-15(12-25-18)17(23)19-11-5-3-4-6-16(21)22/h7-10,12H,2-6,11H2,1H3,(H,19,23)(H,21,22). The van der Waals surface area contributed by atoms with Crippen LogP contribution in [-0.2, 0) is 4.79 Å². The summed E-state index contributed by atoms with van der Waals surface area (Å²) in [5.74, 6) is -0.177. The van der Waals surface area contributed by atoms with E-state index >= 15 is 0 Å². The first kappa shape index (κ1) is 18.9. The Labute approximate surface area is 150 Å². The Morgan fingerprint density at radius 2 is 1.96 bits per heavy atom. The van der Waals surface area contributed by atoms with Gasteiger partial charge in [0.1, 0.15) is 16.5 Å². The van der Waals surface area contributed by atoms with Crippen LogP contribution in [0.2, 0.25) is 0 Å². The number of benzene rings is 1. The summed E-state index contributed by atoms with van der Waals surface area (Å²) in [6, 6.07) is 7.62. The van der Waals surface area contributed by atoms with Gasteiger partial charge in [0.15, 0.2) is 0 Å². The van der Waals surface area contributed by atoms with Crippen LogP contribution in [0.5, 0.6) is 5.75 Å². The second-order valence-electron chi connectivity index (χ2n) is 5.46. The summed E-state index contributed by atoms with van der Waals surface area (Å²) in [7, 11) is 0. The lowest BCUT2D eigenvalue weighted by atomic mass is 10.2. The zero-order chi connectivity index (χ0) is 18.1. The summed E-state index contributed by atoms with van der Waals surface area (Å²) in [5.41, 5.74) is 1.35. The Hall–Kier alpha value is -2.41. The number of unbranched alkanes of at least 4 members (excludes halogenated alkanes) is 2. The highest BCUT2D eigenvalue weighted by Crippen LogP contribution is 2.25. The number of hydrogen-bond acceptors (Lipinski definition) is 5. The molecule has 0 aliphatic carbocycles. The minimum Gasteiger partial charge on any atom is -0.494 e. The van der Waals surface area contributed by atoms with Crippen LogP contribution in [0.15, 0.2) is 29.6 Å². The Morgan fingerprint density at radius 1 is 1.20 bits per heavy atom.